The van der Waals surface area contributed by atoms with Crippen LogP contribution in [0.25, 0.3) is 0 Å². The number of aromatic nitrogens is 2. The molecule has 0 amide bonds. The van der Waals surface area contributed by atoms with E-state index in [4.69, 9.17) is 0 Å². The fourth-order valence-electron chi connectivity index (χ4n) is 0.815. The Hall–Kier alpha value is -0.480. The van der Waals surface area contributed by atoms with Gasteiger partial charge in [0.15, 0.2) is 0 Å². The Balaban J connectivity index is 2.62. The van der Waals surface area contributed by atoms with Crippen molar-refractivity contribution in [1.29, 1.82) is 0 Å². The summed E-state index contributed by atoms with van der Waals surface area (Å²) in [7, 11) is 0. The zero-order valence-electron chi connectivity index (χ0n) is 6.69. The van der Waals surface area contributed by atoms with E-state index in [-0.39, 0.29) is 5.92 Å². The smallest absolute Gasteiger partial charge is 0.104 e. The fourth-order valence-corrected chi connectivity index (χ4v) is 1.30. The standard InChI is InChI=1S/C7H12N2OS/c1-3-5(2)7(10)6-4-11-9-8-6/h4-5,7,10H,3H2,1-2H3. The Kier molecular flexibility index (Phi) is 2.96. The van der Waals surface area contributed by atoms with Gasteiger partial charge in [0, 0.05) is 5.38 Å². The number of hydrogen-bond acceptors (Lipinski definition) is 4. The maximum absolute atomic E-state index is 9.58. The topological polar surface area (TPSA) is 46.0 Å². The minimum atomic E-state index is -0.446. The average molecular weight is 172 g/mol. The van der Waals surface area contributed by atoms with Gasteiger partial charge in [0.05, 0.1) is 0 Å². The first-order valence-corrected chi connectivity index (χ1v) is 4.54. The van der Waals surface area contributed by atoms with Crippen molar-refractivity contribution in [2.45, 2.75) is 26.4 Å². The first kappa shape index (κ1) is 8.62. The van der Waals surface area contributed by atoms with E-state index in [2.05, 4.69) is 9.59 Å². The summed E-state index contributed by atoms with van der Waals surface area (Å²) < 4.78 is 3.69. The monoisotopic (exact) mass is 172 g/mol. The lowest BCUT2D eigenvalue weighted by molar-refractivity contribution is 0.111. The van der Waals surface area contributed by atoms with Crippen LogP contribution in [0.4, 0.5) is 0 Å². The van der Waals surface area contributed by atoms with Crippen LogP contribution in [0.2, 0.25) is 0 Å². The molecule has 0 radical (unpaired) electrons. The van der Waals surface area contributed by atoms with Gasteiger partial charge in [-0.2, -0.15) is 0 Å². The van der Waals surface area contributed by atoms with Gasteiger partial charge in [0.1, 0.15) is 11.8 Å². The average Bonchev–Trinajstić information content (AvgIpc) is 2.53. The van der Waals surface area contributed by atoms with Gasteiger partial charge in [-0.3, -0.25) is 0 Å². The molecule has 1 rings (SSSR count). The van der Waals surface area contributed by atoms with Crippen LogP contribution < -0.4 is 0 Å². The third-order valence-corrected chi connectivity index (χ3v) is 2.39. The summed E-state index contributed by atoms with van der Waals surface area (Å²) in [6, 6.07) is 0. The van der Waals surface area contributed by atoms with E-state index in [1.54, 1.807) is 5.38 Å². The molecule has 3 nitrogen and oxygen atoms in total. The van der Waals surface area contributed by atoms with Gasteiger partial charge in [-0.05, 0) is 17.5 Å². The highest BCUT2D eigenvalue weighted by molar-refractivity contribution is 7.03. The summed E-state index contributed by atoms with van der Waals surface area (Å²) in [5.74, 6) is 0.263. The minimum Gasteiger partial charge on any atom is -0.386 e. The molecular weight excluding hydrogens is 160 g/mol. The van der Waals surface area contributed by atoms with E-state index in [9.17, 15) is 5.11 Å². The van der Waals surface area contributed by atoms with Gasteiger partial charge in [0.2, 0.25) is 0 Å². The maximum Gasteiger partial charge on any atom is 0.104 e. The van der Waals surface area contributed by atoms with Gasteiger partial charge in [-0.15, -0.1) is 5.10 Å². The number of aliphatic hydroxyl groups is 1. The molecule has 4 heteroatoms. The molecule has 0 saturated carbocycles. The van der Waals surface area contributed by atoms with Gasteiger partial charge >= 0.3 is 0 Å². The molecule has 0 saturated heterocycles. The van der Waals surface area contributed by atoms with Crippen molar-refractivity contribution in [3.8, 4) is 0 Å². The Morgan fingerprint density at radius 2 is 2.45 bits per heavy atom. The second-order valence-corrected chi connectivity index (χ2v) is 3.27. The quantitative estimate of drug-likeness (QED) is 0.753. The summed E-state index contributed by atoms with van der Waals surface area (Å²) in [4.78, 5) is 0. The Morgan fingerprint density at radius 1 is 1.73 bits per heavy atom. The molecule has 0 spiro atoms. The van der Waals surface area contributed by atoms with Gasteiger partial charge in [-0.25, -0.2) is 0 Å². The third kappa shape index (κ3) is 1.97. The highest BCUT2D eigenvalue weighted by atomic mass is 32.1. The lowest BCUT2D eigenvalue weighted by Gasteiger charge is -2.13. The predicted octanol–water partition coefficient (Wildman–Crippen LogP) is 1.62. The molecule has 0 fully saturated rings. The number of aliphatic hydroxyl groups excluding tert-OH is 1. The zero-order valence-corrected chi connectivity index (χ0v) is 7.51. The number of nitrogens with zero attached hydrogens (tertiary/aromatic N) is 2. The second kappa shape index (κ2) is 3.78. The first-order valence-electron chi connectivity index (χ1n) is 3.70. The van der Waals surface area contributed by atoms with Crippen LogP contribution in [0.3, 0.4) is 0 Å². The molecule has 62 valence electrons. The summed E-state index contributed by atoms with van der Waals surface area (Å²) in [5, 5.41) is 15.2. The van der Waals surface area contributed by atoms with E-state index in [0.29, 0.717) is 5.69 Å². The van der Waals surface area contributed by atoms with Crippen molar-refractivity contribution in [1.82, 2.24) is 9.59 Å². The van der Waals surface area contributed by atoms with Crippen molar-refractivity contribution < 1.29 is 5.11 Å². The summed E-state index contributed by atoms with van der Waals surface area (Å²) in [5.41, 5.74) is 0.698. The highest BCUT2D eigenvalue weighted by Crippen LogP contribution is 2.22. The van der Waals surface area contributed by atoms with E-state index in [1.807, 2.05) is 13.8 Å². The molecule has 1 heterocycles. The molecule has 2 unspecified atom stereocenters. The molecule has 0 aliphatic heterocycles. The van der Waals surface area contributed by atoms with Crippen LogP contribution >= 0.6 is 11.5 Å². The molecule has 0 bridgehead atoms. The molecule has 1 aromatic rings. The molecule has 1 aromatic heterocycles. The Bertz CT molecular complexity index is 200. The molecular formula is C7H12N2OS. The zero-order chi connectivity index (χ0) is 8.27. The normalized spacial score (nSPS) is 16.3. The van der Waals surface area contributed by atoms with Crippen LogP contribution in [0.1, 0.15) is 32.1 Å². The van der Waals surface area contributed by atoms with Crippen molar-refractivity contribution in [3.05, 3.63) is 11.1 Å². The summed E-state index contributed by atoms with van der Waals surface area (Å²) in [6.07, 6.45) is 0.511. The Morgan fingerprint density at radius 3 is 2.91 bits per heavy atom. The predicted molar refractivity (Wildman–Crippen MR) is 44.3 cm³/mol. The summed E-state index contributed by atoms with van der Waals surface area (Å²) in [6.45, 7) is 4.05. The van der Waals surface area contributed by atoms with Crippen molar-refractivity contribution in [2.24, 2.45) is 5.92 Å². The van der Waals surface area contributed by atoms with Crippen LogP contribution in [0.15, 0.2) is 5.38 Å². The molecule has 0 aliphatic rings. The van der Waals surface area contributed by atoms with Crippen LogP contribution in [0, 0.1) is 5.92 Å². The van der Waals surface area contributed by atoms with E-state index >= 15 is 0 Å². The third-order valence-electron chi connectivity index (χ3n) is 1.86. The number of hydrogen-bond donors (Lipinski definition) is 1. The largest absolute Gasteiger partial charge is 0.386 e. The van der Waals surface area contributed by atoms with Crippen molar-refractivity contribution >= 4 is 11.5 Å². The van der Waals surface area contributed by atoms with Gasteiger partial charge < -0.3 is 5.11 Å². The van der Waals surface area contributed by atoms with Gasteiger partial charge in [0.25, 0.3) is 0 Å². The van der Waals surface area contributed by atoms with E-state index in [0.717, 1.165) is 6.42 Å². The lowest BCUT2D eigenvalue weighted by Crippen LogP contribution is -2.08. The molecule has 11 heavy (non-hydrogen) atoms. The Labute approximate surface area is 70.2 Å². The lowest BCUT2D eigenvalue weighted by atomic mass is 10.0. The fraction of sp³-hybridized carbons (Fsp3) is 0.714. The van der Waals surface area contributed by atoms with Crippen LogP contribution in [0.5, 0.6) is 0 Å². The first-order chi connectivity index (χ1) is 5.25. The minimum absolute atomic E-state index is 0.263. The SMILES string of the molecule is CCC(C)C(O)c1csnn1. The molecule has 1 N–H and O–H groups in total. The van der Waals surface area contributed by atoms with E-state index in [1.165, 1.54) is 11.5 Å². The van der Waals surface area contributed by atoms with Gasteiger partial charge in [-0.1, -0.05) is 24.8 Å². The maximum atomic E-state index is 9.58. The summed E-state index contributed by atoms with van der Waals surface area (Å²) >= 11 is 1.27. The molecule has 0 aliphatic carbocycles. The van der Waals surface area contributed by atoms with Crippen molar-refractivity contribution in [3.63, 3.8) is 0 Å². The van der Waals surface area contributed by atoms with E-state index < -0.39 is 6.10 Å². The van der Waals surface area contributed by atoms with Crippen LogP contribution in [-0.4, -0.2) is 14.7 Å². The molecule has 2 atom stereocenters. The molecule has 0 aromatic carbocycles. The number of rotatable bonds is 3. The van der Waals surface area contributed by atoms with Crippen LogP contribution in [-0.2, 0) is 0 Å². The second-order valence-electron chi connectivity index (χ2n) is 2.66. The highest BCUT2D eigenvalue weighted by Gasteiger charge is 2.16. The van der Waals surface area contributed by atoms with Crippen molar-refractivity contribution in [2.75, 3.05) is 0 Å².